The molecule has 8 heteroatoms. The van der Waals surface area contributed by atoms with Crippen LogP contribution in [0.15, 0.2) is 23.4 Å². The van der Waals surface area contributed by atoms with Crippen LogP contribution in [0, 0.1) is 13.8 Å². The van der Waals surface area contributed by atoms with E-state index in [-0.39, 0.29) is 17.7 Å². The van der Waals surface area contributed by atoms with E-state index in [0.717, 1.165) is 29.1 Å². The van der Waals surface area contributed by atoms with Gasteiger partial charge in [0.1, 0.15) is 11.6 Å². The first-order valence-electron chi connectivity index (χ1n) is 7.82. The number of amides is 1. The lowest BCUT2D eigenvalue weighted by molar-refractivity contribution is -0.119. The summed E-state index contributed by atoms with van der Waals surface area (Å²) < 4.78 is 0. The smallest absolute Gasteiger partial charge is 0.231 e. The van der Waals surface area contributed by atoms with Crippen LogP contribution in [0.2, 0.25) is 0 Å². The number of aryl methyl sites for hydroxylation is 2. The lowest BCUT2D eigenvalue weighted by Gasteiger charge is -2.14. The molecule has 0 saturated carbocycles. The quantitative estimate of drug-likeness (QED) is 0.597. The van der Waals surface area contributed by atoms with E-state index in [0.29, 0.717) is 5.16 Å². The lowest BCUT2D eigenvalue weighted by atomic mass is 10.2. The van der Waals surface area contributed by atoms with E-state index >= 15 is 0 Å². The van der Waals surface area contributed by atoms with Crippen molar-refractivity contribution in [1.82, 2.24) is 30.5 Å². The van der Waals surface area contributed by atoms with Crippen molar-refractivity contribution in [1.29, 1.82) is 0 Å². The van der Waals surface area contributed by atoms with Gasteiger partial charge in [-0.3, -0.25) is 9.89 Å². The zero-order valence-electron chi connectivity index (χ0n) is 13.9. The molecule has 3 rings (SSSR count). The third-order valence-corrected chi connectivity index (χ3v) is 4.49. The zero-order chi connectivity index (χ0) is 17.1. The number of carbonyl (C=O) groups excluding carboxylic acids is 1. The molecule has 0 bridgehead atoms. The molecule has 0 spiro atoms. The van der Waals surface area contributed by atoms with Gasteiger partial charge in [0, 0.05) is 0 Å². The first-order valence-corrected chi connectivity index (χ1v) is 8.81. The van der Waals surface area contributed by atoms with E-state index in [1.54, 1.807) is 0 Å². The number of H-pyrrole nitrogens is 2. The highest BCUT2D eigenvalue weighted by molar-refractivity contribution is 7.99. The first-order chi connectivity index (χ1) is 11.5. The molecule has 0 fully saturated rings. The molecular weight excluding hydrogens is 324 g/mol. The van der Waals surface area contributed by atoms with Gasteiger partial charge < -0.3 is 10.3 Å². The van der Waals surface area contributed by atoms with Gasteiger partial charge >= 0.3 is 0 Å². The highest BCUT2D eigenvalue weighted by Gasteiger charge is 2.17. The van der Waals surface area contributed by atoms with Gasteiger partial charge in [-0.25, -0.2) is 9.97 Å². The summed E-state index contributed by atoms with van der Waals surface area (Å²) in [6.45, 7) is 5.89. The average molecular weight is 344 g/mol. The summed E-state index contributed by atoms with van der Waals surface area (Å²) in [6, 6.07) is 5.93. The van der Waals surface area contributed by atoms with E-state index < -0.39 is 0 Å². The van der Waals surface area contributed by atoms with Crippen LogP contribution in [0.4, 0.5) is 0 Å². The van der Waals surface area contributed by atoms with E-state index in [1.165, 1.54) is 17.3 Å². The Balaban J connectivity index is 1.65. The van der Waals surface area contributed by atoms with Crippen molar-refractivity contribution >= 4 is 28.7 Å². The molecule has 2 aromatic heterocycles. The van der Waals surface area contributed by atoms with Crippen molar-refractivity contribution in [2.24, 2.45) is 0 Å². The normalized spacial score (nSPS) is 12.5. The molecule has 126 valence electrons. The Labute approximate surface area is 144 Å². The van der Waals surface area contributed by atoms with Crippen LogP contribution in [0.3, 0.4) is 0 Å². The highest BCUT2D eigenvalue weighted by Crippen LogP contribution is 2.20. The molecule has 0 aliphatic carbocycles. The van der Waals surface area contributed by atoms with Crippen molar-refractivity contribution in [2.75, 3.05) is 5.75 Å². The number of aromatic nitrogens is 5. The molecule has 0 radical (unpaired) electrons. The molecule has 2 heterocycles. The fraction of sp³-hybridized carbons (Fsp3) is 0.375. The number of hydrogen-bond acceptors (Lipinski definition) is 5. The fourth-order valence-corrected chi connectivity index (χ4v) is 3.08. The van der Waals surface area contributed by atoms with E-state index in [1.807, 2.05) is 32.9 Å². The Kier molecular flexibility index (Phi) is 4.84. The Morgan fingerprint density at radius 3 is 2.88 bits per heavy atom. The number of hydrogen-bond donors (Lipinski definition) is 3. The molecule has 24 heavy (non-hydrogen) atoms. The number of aromatic amines is 2. The second-order valence-corrected chi connectivity index (χ2v) is 6.61. The fourth-order valence-electron chi connectivity index (χ4n) is 2.42. The topological polar surface area (TPSA) is 99.3 Å². The Morgan fingerprint density at radius 2 is 2.17 bits per heavy atom. The Hall–Kier alpha value is -2.35. The zero-order valence-corrected chi connectivity index (χ0v) is 14.7. The van der Waals surface area contributed by atoms with Crippen LogP contribution in [0.5, 0.6) is 0 Å². The van der Waals surface area contributed by atoms with Crippen molar-refractivity contribution < 1.29 is 4.79 Å². The summed E-state index contributed by atoms with van der Waals surface area (Å²) in [5, 5.41) is 10.4. The molecule has 0 aliphatic rings. The van der Waals surface area contributed by atoms with Gasteiger partial charge in [0.2, 0.25) is 11.1 Å². The van der Waals surface area contributed by atoms with Gasteiger partial charge in [-0.1, -0.05) is 24.8 Å². The Morgan fingerprint density at radius 1 is 1.33 bits per heavy atom. The predicted molar refractivity (Wildman–Crippen MR) is 93.8 cm³/mol. The average Bonchev–Trinajstić information content (AvgIpc) is 3.16. The number of thioether (sulfide) groups is 1. The van der Waals surface area contributed by atoms with E-state index in [4.69, 9.17) is 0 Å². The predicted octanol–water partition coefficient (Wildman–Crippen LogP) is 2.66. The van der Waals surface area contributed by atoms with Crippen LogP contribution >= 0.6 is 11.8 Å². The highest BCUT2D eigenvalue weighted by atomic mass is 32.2. The van der Waals surface area contributed by atoms with Crippen molar-refractivity contribution in [3.63, 3.8) is 0 Å². The lowest BCUT2D eigenvalue weighted by Crippen LogP contribution is -2.30. The van der Waals surface area contributed by atoms with Crippen LogP contribution in [-0.4, -0.2) is 36.8 Å². The SMILES string of the molecule is CCC(NC(=O)CSc1n[nH]c(C)n1)c1nc2ccc(C)cc2[nH]1. The minimum atomic E-state index is -0.139. The van der Waals surface area contributed by atoms with Crippen LogP contribution in [0.25, 0.3) is 11.0 Å². The molecule has 7 nitrogen and oxygen atoms in total. The summed E-state index contributed by atoms with van der Waals surface area (Å²) in [5.74, 6) is 1.73. The second kappa shape index (κ2) is 7.04. The number of rotatable bonds is 6. The summed E-state index contributed by atoms with van der Waals surface area (Å²) in [4.78, 5) is 24.3. The maximum atomic E-state index is 12.2. The summed E-state index contributed by atoms with van der Waals surface area (Å²) in [5.41, 5.74) is 3.07. The van der Waals surface area contributed by atoms with Gasteiger partial charge in [-0.2, -0.15) is 0 Å². The third-order valence-electron chi connectivity index (χ3n) is 3.64. The molecule has 3 aromatic rings. The van der Waals surface area contributed by atoms with Crippen LogP contribution < -0.4 is 5.32 Å². The number of nitrogens with zero attached hydrogens (tertiary/aromatic N) is 3. The maximum absolute atomic E-state index is 12.2. The summed E-state index contributed by atoms with van der Waals surface area (Å²) >= 11 is 1.31. The molecule has 1 aromatic carbocycles. The molecule has 0 aliphatic heterocycles. The minimum Gasteiger partial charge on any atom is -0.345 e. The van der Waals surface area contributed by atoms with Crippen LogP contribution in [0.1, 0.15) is 36.6 Å². The van der Waals surface area contributed by atoms with Gasteiger partial charge in [-0.05, 0) is 38.0 Å². The maximum Gasteiger partial charge on any atom is 0.231 e. The monoisotopic (exact) mass is 344 g/mol. The van der Waals surface area contributed by atoms with Gasteiger partial charge in [0.05, 0.1) is 22.8 Å². The Bertz CT molecular complexity index is 855. The van der Waals surface area contributed by atoms with E-state index in [9.17, 15) is 4.79 Å². The number of nitrogens with one attached hydrogen (secondary N) is 3. The van der Waals surface area contributed by atoms with Crippen molar-refractivity contribution in [2.45, 2.75) is 38.4 Å². The van der Waals surface area contributed by atoms with Crippen molar-refractivity contribution in [3.05, 3.63) is 35.4 Å². The number of benzene rings is 1. The van der Waals surface area contributed by atoms with Gasteiger partial charge in [0.25, 0.3) is 0 Å². The molecule has 1 amide bonds. The third kappa shape index (κ3) is 3.76. The number of imidazole rings is 1. The summed E-state index contributed by atoms with van der Waals surface area (Å²) in [7, 11) is 0. The first kappa shape index (κ1) is 16.5. The standard InChI is InChI=1S/C16H20N6OS/c1-4-11(15-19-12-6-5-9(2)7-13(12)20-15)18-14(23)8-24-16-17-10(3)21-22-16/h5-7,11H,4,8H2,1-3H3,(H,18,23)(H,19,20)(H,17,21,22). The molecular formula is C16H20N6OS. The largest absolute Gasteiger partial charge is 0.345 e. The summed E-state index contributed by atoms with van der Waals surface area (Å²) in [6.07, 6.45) is 0.759. The van der Waals surface area contributed by atoms with Crippen LogP contribution in [-0.2, 0) is 4.79 Å². The van der Waals surface area contributed by atoms with Gasteiger partial charge in [-0.15, -0.1) is 5.10 Å². The molecule has 0 saturated heterocycles. The minimum absolute atomic E-state index is 0.0639. The number of fused-ring (bicyclic) bond motifs is 1. The molecule has 1 unspecified atom stereocenters. The number of carbonyl (C=O) groups is 1. The van der Waals surface area contributed by atoms with E-state index in [2.05, 4.69) is 36.5 Å². The van der Waals surface area contributed by atoms with Crippen molar-refractivity contribution in [3.8, 4) is 0 Å². The molecule has 1 atom stereocenters. The van der Waals surface area contributed by atoms with Gasteiger partial charge in [0.15, 0.2) is 0 Å². The molecule has 3 N–H and O–H groups in total. The second-order valence-electron chi connectivity index (χ2n) is 5.66.